The number of nitriles is 1. The molecule has 0 N–H and O–H groups in total. The summed E-state index contributed by atoms with van der Waals surface area (Å²) in [5.41, 5.74) is 4.81. The van der Waals surface area contributed by atoms with Crippen molar-refractivity contribution >= 4 is 28.7 Å². The van der Waals surface area contributed by atoms with Gasteiger partial charge in [0.15, 0.2) is 0 Å². The van der Waals surface area contributed by atoms with Crippen LogP contribution in [0.4, 0.5) is 17.1 Å². The van der Waals surface area contributed by atoms with Crippen molar-refractivity contribution in [3.05, 3.63) is 53.1 Å². The molecule has 0 aromatic heterocycles. The van der Waals surface area contributed by atoms with Crippen molar-refractivity contribution in [2.75, 3.05) is 47.4 Å². The molecular formula is C28H35ClN4. The van der Waals surface area contributed by atoms with Crippen molar-refractivity contribution < 1.29 is 0 Å². The number of hydrogen-bond acceptors (Lipinski definition) is 4. The smallest absolute Gasteiger partial charge is 0.101 e. The van der Waals surface area contributed by atoms with Gasteiger partial charge in [-0.15, -0.1) is 0 Å². The Balaban J connectivity index is 1.21. The van der Waals surface area contributed by atoms with Gasteiger partial charge in [0.2, 0.25) is 0 Å². The van der Waals surface area contributed by atoms with E-state index >= 15 is 0 Å². The second kappa shape index (κ2) is 9.11. The molecule has 3 fully saturated rings. The Kier molecular flexibility index (Phi) is 6.18. The Hall–Kier alpha value is -2.38. The largest absolute Gasteiger partial charge is 0.372 e. The number of hydrogen-bond donors (Lipinski definition) is 0. The van der Waals surface area contributed by atoms with Crippen LogP contribution in [-0.2, 0) is 0 Å². The zero-order chi connectivity index (χ0) is 23.0. The quantitative estimate of drug-likeness (QED) is 0.533. The van der Waals surface area contributed by atoms with E-state index in [1.165, 1.54) is 56.6 Å². The summed E-state index contributed by atoms with van der Waals surface area (Å²) in [7, 11) is 0. The van der Waals surface area contributed by atoms with E-state index in [0.29, 0.717) is 22.0 Å². The molecule has 3 aliphatic rings. The Morgan fingerprint density at radius 1 is 0.879 bits per heavy atom. The first-order valence-corrected chi connectivity index (χ1v) is 12.9. The molecule has 0 aliphatic carbocycles. The SMILES string of the molecule is CC1CCN(c2ccc(N3CCC4(CC3)CC(C)N(c3ccc(C#N)c(Cl)c3)C4)cc2)CC1. The van der Waals surface area contributed by atoms with Crippen molar-refractivity contribution in [2.45, 2.75) is 52.0 Å². The summed E-state index contributed by atoms with van der Waals surface area (Å²) in [4.78, 5) is 7.61. The van der Waals surface area contributed by atoms with E-state index in [1.54, 1.807) is 0 Å². The maximum atomic E-state index is 9.18. The van der Waals surface area contributed by atoms with Crippen LogP contribution in [0.3, 0.4) is 0 Å². The van der Waals surface area contributed by atoms with E-state index in [0.717, 1.165) is 31.2 Å². The summed E-state index contributed by atoms with van der Waals surface area (Å²) in [6.07, 6.45) is 6.29. The minimum Gasteiger partial charge on any atom is -0.372 e. The minimum absolute atomic E-state index is 0.376. The number of rotatable bonds is 3. The Labute approximate surface area is 203 Å². The Bertz CT molecular complexity index is 1010. The van der Waals surface area contributed by atoms with Gasteiger partial charge in [-0.3, -0.25) is 0 Å². The van der Waals surface area contributed by atoms with Gasteiger partial charge in [-0.2, -0.15) is 5.26 Å². The summed E-state index contributed by atoms with van der Waals surface area (Å²) in [5.74, 6) is 0.865. The fourth-order valence-electron chi connectivity index (χ4n) is 6.18. The third-order valence-electron chi connectivity index (χ3n) is 8.36. The third-order valence-corrected chi connectivity index (χ3v) is 8.67. The predicted octanol–water partition coefficient (Wildman–Crippen LogP) is 6.33. The fraction of sp³-hybridized carbons (Fsp3) is 0.536. The van der Waals surface area contributed by atoms with Crippen molar-refractivity contribution in [1.82, 2.24) is 0 Å². The maximum absolute atomic E-state index is 9.18. The molecule has 33 heavy (non-hydrogen) atoms. The zero-order valence-electron chi connectivity index (χ0n) is 19.9. The van der Waals surface area contributed by atoms with Crippen LogP contribution in [0, 0.1) is 22.7 Å². The van der Waals surface area contributed by atoms with Crippen LogP contribution in [0.5, 0.6) is 0 Å². The summed E-state index contributed by atoms with van der Waals surface area (Å²) in [6.45, 7) is 10.4. The third kappa shape index (κ3) is 4.53. The van der Waals surface area contributed by atoms with Gasteiger partial charge in [-0.1, -0.05) is 18.5 Å². The second-order valence-corrected chi connectivity index (χ2v) is 11.0. The van der Waals surface area contributed by atoms with Crippen LogP contribution in [-0.4, -0.2) is 38.8 Å². The number of nitrogens with zero attached hydrogens (tertiary/aromatic N) is 4. The van der Waals surface area contributed by atoms with Crippen LogP contribution in [0.25, 0.3) is 0 Å². The lowest BCUT2D eigenvalue weighted by Crippen LogP contribution is -2.41. The maximum Gasteiger partial charge on any atom is 0.101 e. The number of benzene rings is 2. The molecule has 0 amide bonds. The fourth-order valence-corrected chi connectivity index (χ4v) is 6.40. The molecule has 174 valence electrons. The second-order valence-electron chi connectivity index (χ2n) is 10.6. The highest BCUT2D eigenvalue weighted by atomic mass is 35.5. The Morgan fingerprint density at radius 2 is 1.45 bits per heavy atom. The van der Waals surface area contributed by atoms with Gasteiger partial charge in [0, 0.05) is 55.8 Å². The lowest BCUT2D eigenvalue weighted by molar-refractivity contribution is 0.245. The van der Waals surface area contributed by atoms with Gasteiger partial charge in [-0.25, -0.2) is 0 Å². The van der Waals surface area contributed by atoms with Crippen LogP contribution in [0.1, 0.15) is 51.5 Å². The monoisotopic (exact) mass is 462 g/mol. The molecular weight excluding hydrogens is 428 g/mol. The van der Waals surface area contributed by atoms with Gasteiger partial charge < -0.3 is 14.7 Å². The molecule has 4 nitrogen and oxygen atoms in total. The van der Waals surface area contributed by atoms with Crippen LogP contribution in [0.2, 0.25) is 5.02 Å². The molecule has 0 saturated carbocycles. The lowest BCUT2D eigenvalue weighted by Gasteiger charge is -2.40. The van der Waals surface area contributed by atoms with Crippen molar-refractivity contribution in [3.8, 4) is 6.07 Å². The highest BCUT2D eigenvalue weighted by Gasteiger charge is 2.44. The van der Waals surface area contributed by atoms with Crippen molar-refractivity contribution in [3.63, 3.8) is 0 Å². The molecule has 2 aromatic carbocycles. The summed E-state index contributed by atoms with van der Waals surface area (Å²) in [5, 5.41) is 9.74. The van der Waals surface area contributed by atoms with Gasteiger partial charge >= 0.3 is 0 Å². The van der Waals surface area contributed by atoms with Gasteiger partial charge in [0.25, 0.3) is 0 Å². The predicted molar refractivity (Wildman–Crippen MR) is 139 cm³/mol. The molecule has 3 aliphatic heterocycles. The molecule has 5 heteroatoms. The first-order chi connectivity index (χ1) is 16.0. The Morgan fingerprint density at radius 3 is 2.03 bits per heavy atom. The van der Waals surface area contributed by atoms with E-state index in [1.807, 2.05) is 12.1 Å². The molecule has 5 rings (SSSR count). The normalized spacial score (nSPS) is 23.2. The topological polar surface area (TPSA) is 33.5 Å². The van der Waals surface area contributed by atoms with Crippen molar-refractivity contribution in [1.29, 1.82) is 5.26 Å². The zero-order valence-corrected chi connectivity index (χ0v) is 20.7. The van der Waals surface area contributed by atoms with E-state index in [2.05, 4.69) is 64.9 Å². The van der Waals surface area contributed by atoms with Crippen LogP contribution < -0.4 is 14.7 Å². The van der Waals surface area contributed by atoms with E-state index in [4.69, 9.17) is 11.6 Å². The molecule has 0 bridgehead atoms. The molecule has 1 atom stereocenters. The van der Waals surface area contributed by atoms with Gasteiger partial charge in [0.05, 0.1) is 10.6 Å². The molecule has 3 saturated heterocycles. The number of halogens is 1. The van der Waals surface area contributed by atoms with E-state index < -0.39 is 0 Å². The molecule has 1 spiro atoms. The van der Waals surface area contributed by atoms with Crippen molar-refractivity contribution in [2.24, 2.45) is 11.3 Å². The summed E-state index contributed by atoms with van der Waals surface area (Å²) >= 11 is 6.33. The highest BCUT2D eigenvalue weighted by molar-refractivity contribution is 6.32. The van der Waals surface area contributed by atoms with E-state index in [-0.39, 0.29) is 0 Å². The highest BCUT2D eigenvalue weighted by Crippen LogP contribution is 2.46. The van der Waals surface area contributed by atoms with Gasteiger partial charge in [-0.05, 0) is 92.8 Å². The number of anilines is 3. The standard InChI is InChI=1S/C28H35ClN4/c1-21-9-13-31(14-10-21)24-5-7-25(8-6-24)32-15-11-28(12-16-32)18-22(2)33(20-28)26-4-3-23(19-30)27(29)17-26/h3-8,17,21-22H,9-16,18,20H2,1-2H3. The van der Waals surface area contributed by atoms with Gasteiger partial charge in [0.1, 0.15) is 6.07 Å². The first-order valence-electron chi connectivity index (χ1n) is 12.5. The minimum atomic E-state index is 0.376. The molecule has 0 radical (unpaired) electrons. The molecule has 3 heterocycles. The summed E-state index contributed by atoms with van der Waals surface area (Å²) in [6, 6.07) is 17.8. The number of piperidine rings is 2. The van der Waals surface area contributed by atoms with Crippen LogP contribution >= 0.6 is 11.6 Å². The first kappa shape index (κ1) is 22.4. The average Bonchev–Trinajstić information content (AvgIpc) is 3.15. The van der Waals surface area contributed by atoms with E-state index in [9.17, 15) is 5.26 Å². The van der Waals surface area contributed by atoms with Crippen LogP contribution in [0.15, 0.2) is 42.5 Å². The summed E-state index contributed by atoms with van der Waals surface area (Å²) < 4.78 is 0. The molecule has 2 aromatic rings. The molecule has 1 unspecified atom stereocenters. The average molecular weight is 463 g/mol. The lowest BCUT2D eigenvalue weighted by atomic mass is 9.76.